The van der Waals surface area contributed by atoms with E-state index in [1.54, 1.807) is 11.9 Å². The van der Waals surface area contributed by atoms with E-state index in [1.807, 2.05) is 18.2 Å². The maximum Gasteiger partial charge on any atom is 0.246 e. The first-order valence-electron chi connectivity index (χ1n) is 6.65. The third-order valence-corrected chi connectivity index (χ3v) is 3.68. The molecule has 1 aromatic rings. The monoisotopic (exact) mass is 257 g/mol. The van der Waals surface area contributed by atoms with Crippen LogP contribution in [0.5, 0.6) is 0 Å². The molecule has 0 bridgehead atoms. The number of carbonyl (C=O) groups excluding carboxylic acids is 1. The number of hydrogen-bond acceptors (Lipinski definition) is 3. The molecule has 1 heterocycles. The number of nitriles is 1. The lowest BCUT2D eigenvalue weighted by Gasteiger charge is -2.40. The number of rotatable bonds is 3. The molecule has 1 aliphatic rings. The standard InChI is InChI=1S/C15H19N3O/c1-3-12-6-4-5-7-13(12)18-11-10-17(2)15(19)14(18)8-9-16/h4-7,14H,3,8,10-11H2,1-2H3. The number of amides is 1. The number of aryl methyl sites for hydroxylation is 1. The maximum atomic E-state index is 12.2. The highest BCUT2D eigenvalue weighted by molar-refractivity contribution is 5.87. The van der Waals surface area contributed by atoms with Crippen molar-refractivity contribution in [1.82, 2.24) is 4.90 Å². The molecule has 0 saturated carbocycles. The molecule has 100 valence electrons. The van der Waals surface area contributed by atoms with E-state index in [9.17, 15) is 4.79 Å². The highest BCUT2D eigenvalue weighted by Crippen LogP contribution is 2.26. The van der Waals surface area contributed by atoms with Crippen molar-refractivity contribution in [3.63, 3.8) is 0 Å². The van der Waals surface area contributed by atoms with Crippen LogP contribution >= 0.6 is 0 Å². The number of carbonyl (C=O) groups is 1. The summed E-state index contributed by atoms with van der Waals surface area (Å²) in [6, 6.07) is 9.91. The molecule has 4 nitrogen and oxygen atoms in total. The average Bonchev–Trinajstić information content (AvgIpc) is 2.44. The number of anilines is 1. The summed E-state index contributed by atoms with van der Waals surface area (Å²) in [7, 11) is 1.80. The van der Waals surface area contributed by atoms with Gasteiger partial charge in [0.15, 0.2) is 0 Å². The molecule has 0 N–H and O–H groups in total. The Morgan fingerprint density at radius 3 is 2.79 bits per heavy atom. The van der Waals surface area contributed by atoms with Crippen molar-refractivity contribution in [1.29, 1.82) is 5.26 Å². The third kappa shape index (κ3) is 2.55. The zero-order valence-electron chi connectivity index (χ0n) is 11.5. The maximum absolute atomic E-state index is 12.2. The number of piperazine rings is 1. The minimum absolute atomic E-state index is 0.0405. The Bertz CT molecular complexity index is 506. The van der Waals surface area contributed by atoms with Gasteiger partial charge < -0.3 is 9.80 Å². The van der Waals surface area contributed by atoms with Crippen LogP contribution in [0.15, 0.2) is 24.3 Å². The zero-order valence-corrected chi connectivity index (χ0v) is 11.5. The molecular formula is C15H19N3O. The van der Waals surface area contributed by atoms with E-state index < -0.39 is 0 Å². The summed E-state index contributed by atoms with van der Waals surface area (Å²) in [6.07, 6.45) is 1.16. The van der Waals surface area contributed by atoms with Crippen LogP contribution in [-0.4, -0.2) is 37.0 Å². The first kappa shape index (κ1) is 13.4. The van der Waals surface area contributed by atoms with Gasteiger partial charge in [0.25, 0.3) is 0 Å². The summed E-state index contributed by atoms with van der Waals surface area (Å²) < 4.78 is 0. The van der Waals surface area contributed by atoms with E-state index in [0.717, 1.165) is 18.7 Å². The van der Waals surface area contributed by atoms with Gasteiger partial charge in [-0.2, -0.15) is 5.26 Å². The van der Waals surface area contributed by atoms with Crippen LogP contribution in [0.4, 0.5) is 5.69 Å². The summed E-state index contributed by atoms with van der Waals surface area (Å²) in [6.45, 7) is 3.60. The first-order valence-corrected chi connectivity index (χ1v) is 6.65. The lowest BCUT2D eigenvalue weighted by molar-refractivity contribution is -0.132. The fraction of sp³-hybridized carbons (Fsp3) is 0.467. The van der Waals surface area contributed by atoms with Gasteiger partial charge in [-0.15, -0.1) is 0 Å². The molecule has 1 amide bonds. The Labute approximate surface area is 114 Å². The molecular weight excluding hydrogens is 238 g/mol. The van der Waals surface area contributed by atoms with Gasteiger partial charge in [-0.25, -0.2) is 0 Å². The van der Waals surface area contributed by atoms with Crippen molar-refractivity contribution in [3.8, 4) is 6.07 Å². The first-order chi connectivity index (χ1) is 9.19. The Morgan fingerprint density at radius 1 is 1.37 bits per heavy atom. The second kappa shape index (κ2) is 5.75. The summed E-state index contributed by atoms with van der Waals surface area (Å²) in [4.78, 5) is 16.0. The number of likely N-dealkylation sites (N-methyl/N-ethyl adjacent to an activating group) is 1. The van der Waals surface area contributed by atoms with Gasteiger partial charge in [-0.05, 0) is 18.1 Å². The van der Waals surface area contributed by atoms with E-state index in [4.69, 9.17) is 5.26 Å². The minimum Gasteiger partial charge on any atom is -0.357 e. The van der Waals surface area contributed by atoms with E-state index in [0.29, 0.717) is 6.54 Å². The van der Waals surface area contributed by atoms with Crippen molar-refractivity contribution in [3.05, 3.63) is 29.8 Å². The van der Waals surface area contributed by atoms with Crippen molar-refractivity contribution >= 4 is 11.6 Å². The number of benzene rings is 1. The normalized spacial score (nSPS) is 19.4. The molecule has 0 aromatic heterocycles. The van der Waals surface area contributed by atoms with E-state index in [-0.39, 0.29) is 18.4 Å². The smallest absolute Gasteiger partial charge is 0.246 e. The number of nitrogens with zero attached hydrogens (tertiary/aromatic N) is 3. The minimum atomic E-state index is -0.351. The van der Waals surface area contributed by atoms with Gasteiger partial charge in [0.2, 0.25) is 5.91 Å². The predicted molar refractivity (Wildman–Crippen MR) is 74.8 cm³/mol. The lowest BCUT2D eigenvalue weighted by atomic mass is 10.0. The van der Waals surface area contributed by atoms with Crippen molar-refractivity contribution in [2.45, 2.75) is 25.8 Å². The fourth-order valence-electron chi connectivity index (χ4n) is 2.57. The van der Waals surface area contributed by atoms with Crippen LogP contribution in [-0.2, 0) is 11.2 Å². The Kier molecular flexibility index (Phi) is 4.06. The molecule has 4 heteroatoms. The Balaban J connectivity index is 2.36. The SMILES string of the molecule is CCc1ccccc1N1CCN(C)C(=O)C1CC#N. The molecule has 1 unspecified atom stereocenters. The van der Waals surface area contributed by atoms with Gasteiger partial charge in [0, 0.05) is 25.8 Å². The van der Waals surface area contributed by atoms with Crippen LogP contribution in [0.3, 0.4) is 0 Å². The Hall–Kier alpha value is -2.02. The number of hydrogen-bond donors (Lipinski definition) is 0. The largest absolute Gasteiger partial charge is 0.357 e. The van der Waals surface area contributed by atoms with Crippen LogP contribution in [0, 0.1) is 11.3 Å². The lowest BCUT2D eigenvalue weighted by Crippen LogP contribution is -2.56. The summed E-state index contributed by atoms with van der Waals surface area (Å²) in [5.41, 5.74) is 2.31. The van der Waals surface area contributed by atoms with Crippen LogP contribution < -0.4 is 4.90 Å². The van der Waals surface area contributed by atoms with E-state index >= 15 is 0 Å². The topological polar surface area (TPSA) is 47.3 Å². The van der Waals surface area contributed by atoms with Gasteiger partial charge in [-0.1, -0.05) is 25.1 Å². The highest BCUT2D eigenvalue weighted by atomic mass is 16.2. The molecule has 19 heavy (non-hydrogen) atoms. The fourth-order valence-corrected chi connectivity index (χ4v) is 2.57. The van der Waals surface area contributed by atoms with Crippen molar-refractivity contribution in [2.24, 2.45) is 0 Å². The van der Waals surface area contributed by atoms with Crippen molar-refractivity contribution < 1.29 is 4.79 Å². The average molecular weight is 257 g/mol. The summed E-state index contributed by atoms with van der Waals surface area (Å²) >= 11 is 0. The molecule has 1 saturated heterocycles. The van der Waals surface area contributed by atoms with Gasteiger partial charge in [-0.3, -0.25) is 4.79 Å². The molecule has 2 rings (SSSR count). The van der Waals surface area contributed by atoms with Gasteiger partial charge in [0.05, 0.1) is 12.5 Å². The molecule has 0 aliphatic carbocycles. The number of para-hydroxylation sites is 1. The third-order valence-electron chi connectivity index (χ3n) is 3.68. The quantitative estimate of drug-likeness (QED) is 0.829. The summed E-state index contributed by atoms with van der Waals surface area (Å²) in [5, 5.41) is 8.97. The Morgan fingerprint density at radius 2 is 2.11 bits per heavy atom. The molecule has 0 spiro atoms. The van der Waals surface area contributed by atoms with E-state index in [1.165, 1.54) is 5.56 Å². The highest BCUT2D eigenvalue weighted by Gasteiger charge is 2.33. The van der Waals surface area contributed by atoms with E-state index in [2.05, 4.69) is 24.0 Å². The van der Waals surface area contributed by atoms with Gasteiger partial charge >= 0.3 is 0 Å². The van der Waals surface area contributed by atoms with Crippen LogP contribution in [0.1, 0.15) is 18.9 Å². The second-order valence-corrected chi connectivity index (χ2v) is 4.81. The van der Waals surface area contributed by atoms with Crippen LogP contribution in [0.25, 0.3) is 0 Å². The van der Waals surface area contributed by atoms with Crippen LogP contribution in [0.2, 0.25) is 0 Å². The molecule has 1 atom stereocenters. The van der Waals surface area contributed by atoms with Gasteiger partial charge in [0.1, 0.15) is 6.04 Å². The molecule has 1 fully saturated rings. The predicted octanol–water partition coefficient (Wildman–Crippen LogP) is 1.81. The molecule has 0 radical (unpaired) electrons. The second-order valence-electron chi connectivity index (χ2n) is 4.81. The summed E-state index contributed by atoms with van der Waals surface area (Å²) in [5.74, 6) is 0.0405. The molecule has 1 aromatic carbocycles. The zero-order chi connectivity index (χ0) is 13.8. The molecule has 1 aliphatic heterocycles. The van der Waals surface area contributed by atoms with Crippen molar-refractivity contribution in [2.75, 3.05) is 25.0 Å².